The van der Waals surface area contributed by atoms with Crippen LogP contribution in [0.15, 0.2) is 71.5 Å². The predicted molar refractivity (Wildman–Crippen MR) is 108 cm³/mol. The van der Waals surface area contributed by atoms with Gasteiger partial charge in [-0.15, -0.1) is 0 Å². The third kappa shape index (κ3) is 3.01. The van der Waals surface area contributed by atoms with Crippen molar-refractivity contribution in [1.82, 2.24) is 9.78 Å². The first-order valence-corrected chi connectivity index (χ1v) is 9.23. The molecule has 0 atom stereocenters. The summed E-state index contributed by atoms with van der Waals surface area (Å²) in [6.07, 6.45) is 2.72. The SMILES string of the molecule is CCCCn1nc(Cc2cccc3ccccc23)c2ccccc2c1=O. The van der Waals surface area contributed by atoms with Crippen LogP contribution in [-0.4, -0.2) is 9.78 Å². The van der Waals surface area contributed by atoms with Crippen LogP contribution in [0.1, 0.15) is 31.0 Å². The van der Waals surface area contributed by atoms with Gasteiger partial charge in [0.05, 0.1) is 11.1 Å². The monoisotopic (exact) mass is 342 g/mol. The Morgan fingerprint density at radius 3 is 2.35 bits per heavy atom. The van der Waals surface area contributed by atoms with Gasteiger partial charge >= 0.3 is 0 Å². The minimum Gasteiger partial charge on any atom is -0.267 e. The minimum absolute atomic E-state index is 0.00993. The number of hydrogen-bond donors (Lipinski definition) is 0. The van der Waals surface area contributed by atoms with Gasteiger partial charge in [-0.2, -0.15) is 5.10 Å². The van der Waals surface area contributed by atoms with Crippen molar-refractivity contribution in [2.45, 2.75) is 32.7 Å². The summed E-state index contributed by atoms with van der Waals surface area (Å²) >= 11 is 0. The van der Waals surface area contributed by atoms with Gasteiger partial charge in [0.15, 0.2) is 0 Å². The number of unbranched alkanes of at least 4 members (excludes halogenated alkanes) is 1. The highest BCUT2D eigenvalue weighted by molar-refractivity contribution is 5.88. The average molecular weight is 342 g/mol. The molecule has 0 aliphatic carbocycles. The highest BCUT2D eigenvalue weighted by Gasteiger charge is 2.12. The van der Waals surface area contributed by atoms with E-state index in [-0.39, 0.29) is 5.56 Å². The van der Waals surface area contributed by atoms with Gasteiger partial charge in [0.2, 0.25) is 0 Å². The van der Waals surface area contributed by atoms with Gasteiger partial charge < -0.3 is 0 Å². The summed E-state index contributed by atoms with van der Waals surface area (Å²) in [4.78, 5) is 12.8. The third-order valence-electron chi connectivity index (χ3n) is 4.91. The molecular formula is C23H22N2O. The summed E-state index contributed by atoms with van der Waals surface area (Å²) in [5.74, 6) is 0. The van der Waals surface area contributed by atoms with Gasteiger partial charge in [0.1, 0.15) is 0 Å². The Bertz CT molecular complexity index is 1120. The zero-order chi connectivity index (χ0) is 17.9. The molecule has 3 aromatic carbocycles. The summed E-state index contributed by atoms with van der Waals surface area (Å²) in [7, 11) is 0. The lowest BCUT2D eigenvalue weighted by atomic mass is 9.99. The van der Waals surface area contributed by atoms with Crippen molar-refractivity contribution in [2.75, 3.05) is 0 Å². The van der Waals surface area contributed by atoms with Gasteiger partial charge in [0.25, 0.3) is 5.56 Å². The molecule has 0 bridgehead atoms. The van der Waals surface area contributed by atoms with E-state index in [4.69, 9.17) is 5.10 Å². The Balaban J connectivity index is 1.87. The molecule has 0 fully saturated rings. The van der Waals surface area contributed by atoms with Crippen molar-refractivity contribution in [1.29, 1.82) is 0 Å². The smallest absolute Gasteiger partial charge is 0.267 e. The molecule has 3 heteroatoms. The molecule has 0 saturated heterocycles. The second kappa shape index (κ2) is 7.12. The maximum atomic E-state index is 12.8. The first-order valence-electron chi connectivity index (χ1n) is 9.23. The molecule has 26 heavy (non-hydrogen) atoms. The Morgan fingerprint density at radius 1 is 0.846 bits per heavy atom. The van der Waals surface area contributed by atoms with E-state index < -0.39 is 0 Å². The molecule has 4 aromatic rings. The van der Waals surface area contributed by atoms with Gasteiger partial charge in [0, 0.05) is 18.4 Å². The number of nitrogens with zero attached hydrogens (tertiary/aromatic N) is 2. The summed E-state index contributed by atoms with van der Waals surface area (Å²) in [6.45, 7) is 2.80. The predicted octanol–water partition coefficient (Wildman–Crippen LogP) is 4.94. The Kier molecular flexibility index (Phi) is 4.53. The molecule has 1 heterocycles. The number of fused-ring (bicyclic) bond motifs is 2. The van der Waals surface area contributed by atoms with E-state index in [0.717, 1.165) is 29.3 Å². The van der Waals surface area contributed by atoms with E-state index >= 15 is 0 Å². The molecule has 1 aromatic heterocycles. The van der Waals surface area contributed by atoms with Crippen LogP contribution in [0.3, 0.4) is 0 Å². The topological polar surface area (TPSA) is 34.9 Å². The van der Waals surface area contributed by atoms with E-state index in [1.807, 2.05) is 24.3 Å². The molecule has 0 aliphatic heterocycles. The summed E-state index contributed by atoms with van der Waals surface area (Å²) in [5, 5.41) is 8.93. The molecule has 0 aliphatic rings. The molecule has 0 unspecified atom stereocenters. The molecule has 0 saturated carbocycles. The van der Waals surface area contributed by atoms with Crippen LogP contribution in [0.5, 0.6) is 0 Å². The van der Waals surface area contributed by atoms with Crippen molar-refractivity contribution >= 4 is 21.5 Å². The van der Waals surface area contributed by atoms with E-state index in [0.29, 0.717) is 13.0 Å². The van der Waals surface area contributed by atoms with Gasteiger partial charge in [-0.1, -0.05) is 74.0 Å². The van der Waals surface area contributed by atoms with Crippen LogP contribution in [0.25, 0.3) is 21.5 Å². The van der Waals surface area contributed by atoms with Crippen molar-refractivity contribution in [2.24, 2.45) is 0 Å². The summed E-state index contributed by atoms with van der Waals surface area (Å²) < 4.78 is 1.65. The Labute approximate surface area is 152 Å². The minimum atomic E-state index is 0.00993. The van der Waals surface area contributed by atoms with Gasteiger partial charge in [-0.3, -0.25) is 4.79 Å². The fraction of sp³-hybridized carbons (Fsp3) is 0.217. The molecule has 0 radical (unpaired) electrons. The van der Waals surface area contributed by atoms with Crippen LogP contribution in [0, 0.1) is 0 Å². The normalized spacial score (nSPS) is 11.3. The van der Waals surface area contributed by atoms with Crippen LogP contribution >= 0.6 is 0 Å². The van der Waals surface area contributed by atoms with E-state index in [9.17, 15) is 4.79 Å². The van der Waals surface area contributed by atoms with Gasteiger partial charge in [-0.25, -0.2) is 4.68 Å². The number of rotatable bonds is 5. The molecule has 3 nitrogen and oxygen atoms in total. The fourth-order valence-electron chi connectivity index (χ4n) is 3.52. The second-order valence-electron chi connectivity index (χ2n) is 6.69. The van der Waals surface area contributed by atoms with Crippen molar-refractivity contribution in [3.63, 3.8) is 0 Å². The lowest BCUT2D eigenvalue weighted by molar-refractivity contribution is 0.540. The highest BCUT2D eigenvalue weighted by Crippen LogP contribution is 2.23. The first-order chi connectivity index (χ1) is 12.8. The maximum absolute atomic E-state index is 12.8. The quantitative estimate of drug-likeness (QED) is 0.515. The molecule has 0 spiro atoms. The first kappa shape index (κ1) is 16.5. The van der Waals surface area contributed by atoms with Crippen molar-refractivity contribution < 1.29 is 0 Å². The van der Waals surface area contributed by atoms with E-state index in [2.05, 4.69) is 49.4 Å². The molecule has 0 amide bonds. The molecule has 4 rings (SSSR count). The lowest BCUT2D eigenvalue weighted by Crippen LogP contribution is -2.25. The zero-order valence-electron chi connectivity index (χ0n) is 15.0. The largest absolute Gasteiger partial charge is 0.274 e. The average Bonchev–Trinajstić information content (AvgIpc) is 2.69. The number of aromatic nitrogens is 2. The van der Waals surface area contributed by atoms with Crippen LogP contribution in [-0.2, 0) is 13.0 Å². The molecule has 130 valence electrons. The van der Waals surface area contributed by atoms with Crippen molar-refractivity contribution in [3.8, 4) is 0 Å². The molecular weight excluding hydrogens is 320 g/mol. The number of benzene rings is 3. The van der Waals surface area contributed by atoms with Crippen LogP contribution < -0.4 is 5.56 Å². The third-order valence-corrected chi connectivity index (χ3v) is 4.91. The molecule has 0 N–H and O–H groups in total. The lowest BCUT2D eigenvalue weighted by Gasteiger charge is -2.12. The zero-order valence-corrected chi connectivity index (χ0v) is 15.0. The summed E-state index contributed by atoms with van der Waals surface area (Å²) in [6, 6.07) is 22.6. The van der Waals surface area contributed by atoms with Crippen LogP contribution in [0.2, 0.25) is 0 Å². The van der Waals surface area contributed by atoms with Crippen LogP contribution in [0.4, 0.5) is 0 Å². The standard InChI is InChI=1S/C23H22N2O/c1-2-3-15-25-23(26)21-14-7-6-13-20(21)22(24-25)16-18-11-8-10-17-9-4-5-12-19(17)18/h4-14H,2-3,15-16H2,1H3. The van der Waals surface area contributed by atoms with E-state index in [1.165, 1.54) is 16.3 Å². The van der Waals surface area contributed by atoms with Gasteiger partial charge in [-0.05, 0) is 28.8 Å². The van der Waals surface area contributed by atoms with Crippen molar-refractivity contribution in [3.05, 3.63) is 88.3 Å². The van der Waals surface area contributed by atoms with E-state index in [1.54, 1.807) is 4.68 Å². The second-order valence-corrected chi connectivity index (χ2v) is 6.69. The highest BCUT2D eigenvalue weighted by atomic mass is 16.1. The Hall–Kier alpha value is -2.94. The fourth-order valence-corrected chi connectivity index (χ4v) is 3.52. The maximum Gasteiger partial charge on any atom is 0.274 e. The number of aryl methyl sites for hydroxylation is 1. The summed E-state index contributed by atoms with van der Waals surface area (Å²) in [5.41, 5.74) is 2.21. The Morgan fingerprint density at radius 2 is 1.54 bits per heavy atom. The number of hydrogen-bond acceptors (Lipinski definition) is 2.